The fourth-order valence-electron chi connectivity index (χ4n) is 4.67. The Bertz CT molecular complexity index is 1750. The van der Waals surface area contributed by atoms with Crippen LogP contribution in [0.5, 0.6) is 0 Å². The zero-order chi connectivity index (χ0) is 35.2. The van der Waals surface area contributed by atoms with E-state index < -0.39 is 98.1 Å². The van der Waals surface area contributed by atoms with Crippen molar-refractivity contribution in [3.63, 3.8) is 0 Å². The average Bonchev–Trinajstić information content (AvgIpc) is 3.53. The number of amides is 2. The summed E-state index contributed by atoms with van der Waals surface area (Å²) in [7, 11) is 0. The summed E-state index contributed by atoms with van der Waals surface area (Å²) < 4.78 is 119. The van der Waals surface area contributed by atoms with Crippen LogP contribution in [0.4, 0.5) is 50.9 Å². The summed E-state index contributed by atoms with van der Waals surface area (Å²) in [5.41, 5.74) is -3.75. The van der Waals surface area contributed by atoms with Crippen molar-refractivity contribution in [1.82, 2.24) is 0 Å². The minimum Gasteiger partial charge on any atom is -0.326 e. The molecule has 252 valence electrons. The van der Waals surface area contributed by atoms with Gasteiger partial charge in [-0.2, -0.15) is 26.3 Å². The number of hydrogen-bond donors (Lipinski definition) is 2. The first-order chi connectivity index (χ1) is 21.6. The second-order valence-corrected chi connectivity index (χ2v) is 13.3. The van der Waals surface area contributed by atoms with Crippen LogP contribution in [-0.2, 0) is 22.2 Å². The summed E-state index contributed by atoms with van der Waals surface area (Å²) in [6.07, 6.45) is -12.4. The lowest BCUT2D eigenvalue weighted by Gasteiger charge is -2.14. The van der Waals surface area contributed by atoms with Crippen molar-refractivity contribution in [2.75, 3.05) is 10.6 Å². The maximum atomic E-state index is 15.1. The number of nitrogens with one attached hydrogen (secondary N) is 2. The third kappa shape index (κ3) is 8.35. The van der Waals surface area contributed by atoms with Gasteiger partial charge in [0.2, 0.25) is 5.91 Å². The number of Topliss-reactive ketones (excluding diaryl/α,β-unsaturated/α-hetero) is 1. The molecule has 1 aliphatic rings. The Morgan fingerprint density at radius 1 is 0.894 bits per heavy atom. The molecule has 0 aromatic heterocycles. The van der Waals surface area contributed by atoms with E-state index in [0.29, 0.717) is 18.2 Å². The highest BCUT2D eigenvalue weighted by molar-refractivity contribution is 9.10. The van der Waals surface area contributed by atoms with Gasteiger partial charge in [-0.1, -0.05) is 33.6 Å². The molecule has 0 radical (unpaired) electrons. The maximum Gasteiger partial charge on any atom is 0.419 e. The van der Waals surface area contributed by atoms with Gasteiger partial charge in [-0.3, -0.25) is 14.4 Å². The normalized spacial score (nSPS) is 18.0. The van der Waals surface area contributed by atoms with Gasteiger partial charge < -0.3 is 10.6 Å². The number of ketones is 1. The number of carbonyl (C=O) groups is 3. The van der Waals surface area contributed by atoms with Gasteiger partial charge >= 0.3 is 12.4 Å². The molecule has 2 N–H and O–H groups in total. The van der Waals surface area contributed by atoms with E-state index >= 15 is 4.39 Å². The molecule has 1 saturated carbocycles. The lowest BCUT2D eigenvalue weighted by atomic mass is 10.0. The van der Waals surface area contributed by atoms with E-state index in [0.717, 1.165) is 24.3 Å². The number of hydrogen-bond acceptors (Lipinski definition) is 3. The van der Waals surface area contributed by atoms with E-state index in [9.17, 15) is 49.5 Å². The van der Waals surface area contributed by atoms with Gasteiger partial charge in [0, 0.05) is 23.6 Å². The molecule has 0 aliphatic heterocycles. The molecular formula is C29H17BrCl3F9N2O3. The van der Waals surface area contributed by atoms with Crippen molar-refractivity contribution in [3.8, 4) is 0 Å². The predicted molar refractivity (Wildman–Crippen MR) is 159 cm³/mol. The van der Waals surface area contributed by atoms with Gasteiger partial charge in [0.25, 0.3) is 5.91 Å². The second kappa shape index (κ2) is 13.5. The smallest absolute Gasteiger partial charge is 0.326 e. The van der Waals surface area contributed by atoms with Crippen LogP contribution in [0.1, 0.15) is 39.4 Å². The van der Waals surface area contributed by atoms with Crippen LogP contribution in [0, 0.1) is 23.4 Å². The summed E-state index contributed by atoms with van der Waals surface area (Å²) in [4.78, 5) is 36.4. The van der Waals surface area contributed by atoms with Crippen LogP contribution in [0.15, 0.2) is 48.5 Å². The molecule has 18 heteroatoms. The predicted octanol–water partition coefficient (Wildman–Crippen LogP) is 9.38. The Morgan fingerprint density at radius 2 is 1.53 bits per heavy atom. The summed E-state index contributed by atoms with van der Waals surface area (Å²) in [5.74, 6) is -9.87. The van der Waals surface area contributed by atoms with Gasteiger partial charge in [-0.05, 0) is 48.0 Å². The minimum atomic E-state index is -5.03. The second-order valence-electron chi connectivity index (χ2n) is 10.3. The van der Waals surface area contributed by atoms with Crippen LogP contribution < -0.4 is 10.6 Å². The summed E-state index contributed by atoms with van der Waals surface area (Å²) in [6.45, 7) is 0. The number of alkyl halides is 9. The van der Waals surface area contributed by atoms with Crippen LogP contribution in [-0.4, -0.2) is 32.9 Å². The van der Waals surface area contributed by atoms with E-state index in [2.05, 4.69) is 26.6 Å². The fourth-order valence-corrected chi connectivity index (χ4v) is 6.23. The molecule has 1 fully saturated rings. The molecule has 47 heavy (non-hydrogen) atoms. The number of benzene rings is 3. The summed E-state index contributed by atoms with van der Waals surface area (Å²) >= 11 is 21.0. The van der Waals surface area contributed by atoms with Crippen molar-refractivity contribution in [3.05, 3.63) is 93.3 Å². The third-order valence-corrected chi connectivity index (χ3v) is 9.12. The first kappa shape index (κ1) is 36.8. The molecule has 4 rings (SSSR count). The highest BCUT2D eigenvalue weighted by Crippen LogP contribution is 2.65. The molecule has 0 bridgehead atoms. The molecule has 3 atom stereocenters. The SMILES string of the molecule is O=C(Nc1ccc(F)c(CC(=O)C(Br)CC(F)(F)F)c1F)c1cc(NC(=O)[C@H]2[C@H](c3ccc(F)c(C(F)(F)F)c3)C2(Cl)Cl)ccc1Cl. The molecular weight excluding hydrogens is 782 g/mol. The summed E-state index contributed by atoms with van der Waals surface area (Å²) in [6, 6.07) is 6.97. The number of anilines is 2. The van der Waals surface area contributed by atoms with Gasteiger partial charge in [-0.15, -0.1) is 23.2 Å². The first-order valence-corrected chi connectivity index (χ1v) is 15.0. The molecule has 1 aliphatic carbocycles. The molecule has 0 spiro atoms. The van der Waals surface area contributed by atoms with Gasteiger partial charge in [-0.25, -0.2) is 13.2 Å². The fraction of sp³-hybridized carbons (Fsp3) is 0.276. The maximum absolute atomic E-state index is 15.1. The molecule has 2 amide bonds. The Hall–Kier alpha value is -3.01. The zero-order valence-electron chi connectivity index (χ0n) is 22.9. The lowest BCUT2D eigenvalue weighted by Crippen LogP contribution is -2.25. The van der Waals surface area contributed by atoms with Gasteiger partial charge in [0.15, 0.2) is 11.6 Å². The van der Waals surface area contributed by atoms with Gasteiger partial charge in [0.1, 0.15) is 16.0 Å². The average molecular weight is 799 g/mol. The highest BCUT2D eigenvalue weighted by atomic mass is 79.9. The Balaban J connectivity index is 1.50. The lowest BCUT2D eigenvalue weighted by molar-refractivity contribution is -0.141. The number of carbonyl (C=O) groups excluding carboxylic acids is 3. The standard InChI is InChI=1S/C29H17BrCl3F9N2O3/c30-16(10-27(37,38)39)21(45)9-14-18(34)5-6-20(24(14)36)44-25(46)13-8-12(2-3-17(13)31)43-26(47)23-22(28(23,32)33)11-1-4-19(35)15(7-11)29(40,41)42/h1-8,16,22-23H,9-10H2,(H,43,47)(H,44,46)/t16?,22-,23+/m0/s1. The summed E-state index contributed by atoms with van der Waals surface area (Å²) in [5, 5.41) is 4.28. The quantitative estimate of drug-likeness (QED) is 0.168. The molecule has 3 aromatic carbocycles. The van der Waals surface area contributed by atoms with E-state index in [1.165, 1.54) is 6.07 Å². The first-order valence-electron chi connectivity index (χ1n) is 13.0. The van der Waals surface area contributed by atoms with E-state index in [4.69, 9.17) is 34.8 Å². The molecule has 0 saturated heterocycles. The topological polar surface area (TPSA) is 75.3 Å². The monoisotopic (exact) mass is 796 g/mol. The van der Waals surface area contributed by atoms with Gasteiger partial charge in [0.05, 0.1) is 39.0 Å². The van der Waals surface area contributed by atoms with Crippen LogP contribution in [0.3, 0.4) is 0 Å². The van der Waals surface area contributed by atoms with Crippen LogP contribution in [0.25, 0.3) is 0 Å². The molecule has 5 nitrogen and oxygen atoms in total. The van der Waals surface area contributed by atoms with Crippen molar-refractivity contribution < 1.29 is 53.9 Å². The molecule has 1 unspecified atom stereocenters. The minimum absolute atomic E-state index is 0.0895. The van der Waals surface area contributed by atoms with E-state index in [-0.39, 0.29) is 21.8 Å². The van der Waals surface area contributed by atoms with Crippen molar-refractivity contribution in [2.45, 2.75) is 40.3 Å². The van der Waals surface area contributed by atoms with Crippen molar-refractivity contribution in [1.29, 1.82) is 0 Å². The molecule has 0 heterocycles. The van der Waals surface area contributed by atoms with Crippen LogP contribution >= 0.6 is 50.7 Å². The molecule has 3 aromatic rings. The highest BCUT2D eigenvalue weighted by Gasteiger charge is 2.67. The third-order valence-electron chi connectivity index (χ3n) is 7.01. The van der Waals surface area contributed by atoms with Crippen molar-refractivity contribution >= 4 is 79.7 Å². The largest absolute Gasteiger partial charge is 0.419 e. The number of halogens is 13. The Kier molecular flexibility index (Phi) is 10.6. The van der Waals surface area contributed by atoms with E-state index in [1.807, 2.05) is 0 Å². The van der Waals surface area contributed by atoms with Crippen LogP contribution in [0.2, 0.25) is 5.02 Å². The van der Waals surface area contributed by atoms with Crippen molar-refractivity contribution in [2.24, 2.45) is 5.92 Å². The van der Waals surface area contributed by atoms with E-state index in [1.54, 1.807) is 0 Å². The number of rotatable bonds is 9. The Morgan fingerprint density at radius 3 is 2.15 bits per heavy atom. The zero-order valence-corrected chi connectivity index (χ0v) is 26.8. The Labute approximate surface area is 282 Å².